The summed E-state index contributed by atoms with van der Waals surface area (Å²) in [6, 6.07) is 5.17. The van der Waals surface area contributed by atoms with Gasteiger partial charge in [0, 0.05) is 30.9 Å². The van der Waals surface area contributed by atoms with Crippen LogP contribution < -0.4 is 0 Å². The number of hydrogen-bond acceptors (Lipinski definition) is 5. The van der Waals surface area contributed by atoms with Gasteiger partial charge in [-0.1, -0.05) is 17.7 Å². The molecule has 0 aromatic heterocycles. The van der Waals surface area contributed by atoms with Crippen LogP contribution in [0.15, 0.2) is 29.2 Å². The molecule has 1 amide bonds. The summed E-state index contributed by atoms with van der Waals surface area (Å²) in [6.07, 6.45) is 2.56. The third-order valence-electron chi connectivity index (χ3n) is 4.95. The normalized spacial score (nSPS) is 24.9. The Kier molecular flexibility index (Phi) is 5.35. The van der Waals surface area contributed by atoms with Crippen LogP contribution in [0.2, 0.25) is 5.02 Å². The van der Waals surface area contributed by atoms with E-state index < -0.39 is 31.2 Å². The zero-order valence-electron chi connectivity index (χ0n) is 14.3. The zero-order chi connectivity index (χ0) is 19.1. The van der Waals surface area contributed by atoms with Gasteiger partial charge in [0.25, 0.3) is 0 Å². The van der Waals surface area contributed by atoms with E-state index in [1.165, 1.54) is 21.3 Å². The molecule has 1 aromatic carbocycles. The van der Waals surface area contributed by atoms with Gasteiger partial charge in [-0.2, -0.15) is 4.31 Å². The molecule has 2 unspecified atom stereocenters. The van der Waals surface area contributed by atoms with Crippen molar-refractivity contribution in [3.63, 3.8) is 0 Å². The van der Waals surface area contributed by atoms with Crippen molar-refractivity contribution < 1.29 is 21.6 Å². The van der Waals surface area contributed by atoms with E-state index in [1.807, 2.05) is 0 Å². The Morgan fingerprint density at radius 1 is 1.15 bits per heavy atom. The SMILES string of the molecule is CS(=O)(=O)C1CCN(C(=O)C2CCCN2S(=O)(=O)c2cccc(Cl)c2)C1. The third kappa shape index (κ3) is 3.76. The van der Waals surface area contributed by atoms with Crippen molar-refractivity contribution in [1.82, 2.24) is 9.21 Å². The van der Waals surface area contributed by atoms with Crippen LogP contribution in [0.25, 0.3) is 0 Å². The van der Waals surface area contributed by atoms with Gasteiger partial charge in [0.2, 0.25) is 15.9 Å². The summed E-state index contributed by atoms with van der Waals surface area (Å²) in [4.78, 5) is 14.4. The molecular weight excluding hydrogens is 400 g/mol. The number of nitrogens with zero attached hydrogens (tertiary/aromatic N) is 2. The standard InChI is InChI=1S/C16H21ClN2O5S2/c1-25(21,22)14-7-9-18(11-14)16(20)15-6-3-8-19(15)26(23,24)13-5-2-4-12(17)10-13/h2,4-5,10,14-15H,3,6-9,11H2,1H3. The van der Waals surface area contributed by atoms with E-state index in [0.717, 1.165) is 6.26 Å². The van der Waals surface area contributed by atoms with Gasteiger partial charge in [0.1, 0.15) is 6.04 Å². The highest BCUT2D eigenvalue weighted by Crippen LogP contribution is 2.29. The first-order valence-corrected chi connectivity index (χ1v) is 12.1. The lowest BCUT2D eigenvalue weighted by Crippen LogP contribution is -2.47. The molecule has 2 heterocycles. The summed E-state index contributed by atoms with van der Waals surface area (Å²) in [7, 11) is -7.07. The lowest BCUT2D eigenvalue weighted by atomic mass is 10.2. The molecule has 0 aliphatic carbocycles. The van der Waals surface area contributed by atoms with Gasteiger partial charge >= 0.3 is 0 Å². The van der Waals surface area contributed by atoms with Crippen LogP contribution in [0, 0.1) is 0 Å². The minimum atomic E-state index is -3.84. The first-order valence-electron chi connectivity index (χ1n) is 8.36. The lowest BCUT2D eigenvalue weighted by molar-refractivity contribution is -0.133. The Morgan fingerprint density at radius 3 is 2.50 bits per heavy atom. The summed E-state index contributed by atoms with van der Waals surface area (Å²) >= 11 is 5.90. The van der Waals surface area contributed by atoms with Gasteiger partial charge < -0.3 is 4.90 Å². The van der Waals surface area contributed by atoms with E-state index >= 15 is 0 Å². The molecule has 1 aromatic rings. The fourth-order valence-electron chi connectivity index (χ4n) is 3.53. The molecule has 0 radical (unpaired) electrons. The van der Waals surface area contributed by atoms with Crippen LogP contribution in [-0.4, -0.2) is 69.1 Å². The van der Waals surface area contributed by atoms with Gasteiger partial charge in [-0.3, -0.25) is 4.79 Å². The second-order valence-corrected chi connectivity index (χ2v) is 11.4. The summed E-state index contributed by atoms with van der Waals surface area (Å²) in [5.41, 5.74) is 0. The highest BCUT2D eigenvalue weighted by molar-refractivity contribution is 7.91. The average Bonchev–Trinajstić information content (AvgIpc) is 3.23. The molecule has 3 rings (SSSR count). The maximum atomic E-state index is 12.9. The van der Waals surface area contributed by atoms with Gasteiger partial charge in [-0.15, -0.1) is 0 Å². The van der Waals surface area contributed by atoms with E-state index in [1.54, 1.807) is 12.1 Å². The van der Waals surface area contributed by atoms with Crippen molar-refractivity contribution >= 4 is 37.4 Å². The fraction of sp³-hybridized carbons (Fsp3) is 0.562. The summed E-state index contributed by atoms with van der Waals surface area (Å²) < 4.78 is 50.5. The van der Waals surface area contributed by atoms with Gasteiger partial charge in [0.15, 0.2) is 9.84 Å². The Balaban J connectivity index is 1.81. The van der Waals surface area contributed by atoms with Gasteiger partial charge in [-0.25, -0.2) is 16.8 Å². The minimum absolute atomic E-state index is 0.0557. The molecule has 144 valence electrons. The first-order chi connectivity index (χ1) is 12.1. The molecule has 2 fully saturated rings. The van der Waals surface area contributed by atoms with E-state index in [9.17, 15) is 21.6 Å². The monoisotopic (exact) mass is 420 g/mol. The first kappa shape index (κ1) is 19.6. The molecule has 0 spiro atoms. The number of likely N-dealkylation sites (tertiary alicyclic amines) is 1. The lowest BCUT2D eigenvalue weighted by Gasteiger charge is -2.27. The molecule has 7 nitrogen and oxygen atoms in total. The highest BCUT2D eigenvalue weighted by atomic mass is 35.5. The number of carbonyl (C=O) groups excluding carboxylic acids is 1. The maximum absolute atomic E-state index is 12.9. The number of halogens is 1. The van der Waals surface area contributed by atoms with E-state index in [-0.39, 0.29) is 23.9 Å². The fourth-order valence-corrected chi connectivity index (χ4v) is 6.46. The van der Waals surface area contributed by atoms with Crippen molar-refractivity contribution in [2.24, 2.45) is 0 Å². The molecule has 0 bridgehead atoms. The Hall–Kier alpha value is -1.16. The molecule has 2 atom stereocenters. The van der Waals surface area contributed by atoms with Crippen molar-refractivity contribution in [3.8, 4) is 0 Å². The Bertz CT molecular complexity index is 916. The molecule has 10 heteroatoms. The van der Waals surface area contributed by atoms with Crippen molar-refractivity contribution in [2.75, 3.05) is 25.9 Å². The van der Waals surface area contributed by atoms with Gasteiger partial charge in [-0.05, 0) is 37.5 Å². The number of benzene rings is 1. The molecule has 2 aliphatic heterocycles. The van der Waals surface area contributed by atoms with Crippen LogP contribution in [0.3, 0.4) is 0 Å². The predicted molar refractivity (Wildman–Crippen MR) is 98.2 cm³/mol. The van der Waals surface area contributed by atoms with Crippen LogP contribution in [0.5, 0.6) is 0 Å². The third-order valence-corrected chi connectivity index (χ3v) is 8.69. The topological polar surface area (TPSA) is 91.8 Å². The quantitative estimate of drug-likeness (QED) is 0.728. The molecule has 0 saturated carbocycles. The van der Waals surface area contributed by atoms with E-state index in [0.29, 0.717) is 30.8 Å². The molecule has 0 N–H and O–H groups in total. The molecule has 2 aliphatic rings. The van der Waals surface area contributed by atoms with Crippen molar-refractivity contribution in [1.29, 1.82) is 0 Å². The number of rotatable bonds is 4. The highest BCUT2D eigenvalue weighted by Gasteiger charge is 2.43. The van der Waals surface area contributed by atoms with Crippen molar-refractivity contribution in [2.45, 2.75) is 35.4 Å². The van der Waals surface area contributed by atoms with Crippen LogP contribution in [0.4, 0.5) is 0 Å². The van der Waals surface area contributed by atoms with E-state index in [2.05, 4.69) is 0 Å². The molecule has 26 heavy (non-hydrogen) atoms. The summed E-state index contributed by atoms with van der Waals surface area (Å²) in [5, 5.41) is -0.269. The average molecular weight is 421 g/mol. The van der Waals surface area contributed by atoms with Crippen molar-refractivity contribution in [3.05, 3.63) is 29.3 Å². The van der Waals surface area contributed by atoms with Crippen LogP contribution in [-0.2, 0) is 24.7 Å². The number of carbonyl (C=O) groups is 1. The smallest absolute Gasteiger partial charge is 0.243 e. The second-order valence-electron chi connectivity index (χ2n) is 6.76. The largest absolute Gasteiger partial charge is 0.340 e. The number of hydrogen-bond donors (Lipinski definition) is 0. The predicted octanol–water partition coefficient (Wildman–Crippen LogP) is 1.14. The number of sulfonamides is 1. The minimum Gasteiger partial charge on any atom is -0.340 e. The van der Waals surface area contributed by atoms with Crippen LogP contribution in [0.1, 0.15) is 19.3 Å². The summed E-state index contributed by atoms with van der Waals surface area (Å²) in [6.45, 7) is 0.714. The number of sulfone groups is 1. The summed E-state index contributed by atoms with van der Waals surface area (Å²) in [5.74, 6) is -0.320. The Morgan fingerprint density at radius 2 is 1.88 bits per heavy atom. The zero-order valence-corrected chi connectivity index (χ0v) is 16.7. The molecular formula is C16H21ClN2O5S2. The van der Waals surface area contributed by atoms with Crippen LogP contribution >= 0.6 is 11.6 Å². The number of amides is 1. The second kappa shape index (κ2) is 7.10. The van der Waals surface area contributed by atoms with Gasteiger partial charge in [0.05, 0.1) is 10.1 Å². The molecule has 2 saturated heterocycles. The van der Waals surface area contributed by atoms with E-state index in [4.69, 9.17) is 11.6 Å². The maximum Gasteiger partial charge on any atom is 0.243 e. The Labute approximate surface area is 158 Å².